The normalized spacial score (nSPS) is 22.1. The molecule has 1 aliphatic heterocycles. The fourth-order valence-electron chi connectivity index (χ4n) is 2.32. The number of thiazole rings is 1. The third kappa shape index (κ3) is 3.19. The van der Waals surface area contributed by atoms with Crippen molar-refractivity contribution in [3.8, 4) is 0 Å². The van der Waals surface area contributed by atoms with Gasteiger partial charge in [-0.05, 0) is 27.9 Å². The van der Waals surface area contributed by atoms with Crippen molar-refractivity contribution in [2.45, 2.75) is 31.7 Å². The molecule has 1 aliphatic rings. The number of hydrogen-bond donors (Lipinski definition) is 1. The molecule has 1 fully saturated rings. The van der Waals surface area contributed by atoms with E-state index in [0.717, 1.165) is 31.1 Å². The van der Waals surface area contributed by atoms with Crippen molar-refractivity contribution in [2.24, 2.45) is 0 Å². The minimum absolute atomic E-state index is 0.459. The SMILES string of the molecule is CN1CCN(C)C(Cc2nc(C(C)(C)C(=O)O)cs2)C1. The minimum atomic E-state index is -0.913. The highest BCUT2D eigenvalue weighted by Crippen LogP contribution is 2.26. The molecule has 1 atom stereocenters. The molecule has 1 saturated heterocycles. The van der Waals surface area contributed by atoms with E-state index in [2.05, 4.69) is 28.9 Å². The third-order valence-corrected chi connectivity index (χ3v) is 4.99. The Morgan fingerprint density at radius 2 is 2.20 bits per heavy atom. The number of piperazine rings is 1. The number of carbonyl (C=O) groups is 1. The van der Waals surface area contributed by atoms with Crippen LogP contribution in [0.5, 0.6) is 0 Å². The molecule has 0 amide bonds. The van der Waals surface area contributed by atoms with Gasteiger partial charge in [-0.2, -0.15) is 0 Å². The molecule has 0 bridgehead atoms. The van der Waals surface area contributed by atoms with E-state index < -0.39 is 11.4 Å². The van der Waals surface area contributed by atoms with Crippen molar-refractivity contribution in [1.29, 1.82) is 0 Å². The lowest BCUT2D eigenvalue weighted by molar-refractivity contribution is -0.142. The van der Waals surface area contributed by atoms with Crippen LogP contribution in [0.1, 0.15) is 24.5 Å². The molecule has 0 aromatic carbocycles. The first-order valence-corrected chi connectivity index (χ1v) is 7.75. The van der Waals surface area contributed by atoms with Gasteiger partial charge in [0.25, 0.3) is 0 Å². The first-order valence-electron chi connectivity index (χ1n) is 6.87. The summed E-state index contributed by atoms with van der Waals surface area (Å²) in [5, 5.41) is 12.2. The molecule has 5 nitrogen and oxygen atoms in total. The van der Waals surface area contributed by atoms with Gasteiger partial charge in [-0.25, -0.2) is 4.98 Å². The number of rotatable bonds is 4. The van der Waals surface area contributed by atoms with Crippen molar-refractivity contribution in [2.75, 3.05) is 33.7 Å². The fourth-order valence-corrected chi connectivity index (χ4v) is 3.36. The van der Waals surface area contributed by atoms with Gasteiger partial charge in [0.1, 0.15) is 5.41 Å². The Balaban J connectivity index is 2.08. The lowest BCUT2D eigenvalue weighted by Crippen LogP contribution is -2.50. The highest BCUT2D eigenvalue weighted by Gasteiger charge is 2.32. The van der Waals surface area contributed by atoms with E-state index in [-0.39, 0.29) is 0 Å². The topological polar surface area (TPSA) is 56.7 Å². The maximum Gasteiger partial charge on any atom is 0.315 e. The highest BCUT2D eigenvalue weighted by molar-refractivity contribution is 7.09. The summed E-state index contributed by atoms with van der Waals surface area (Å²) in [5.41, 5.74) is -0.249. The largest absolute Gasteiger partial charge is 0.481 e. The zero-order chi connectivity index (χ0) is 14.9. The van der Waals surface area contributed by atoms with Crippen LogP contribution in [-0.2, 0) is 16.6 Å². The number of aromatic nitrogens is 1. The molecular weight excluding hydrogens is 274 g/mol. The molecule has 2 rings (SSSR count). The van der Waals surface area contributed by atoms with E-state index in [4.69, 9.17) is 0 Å². The van der Waals surface area contributed by atoms with Crippen molar-refractivity contribution in [1.82, 2.24) is 14.8 Å². The molecule has 1 N–H and O–H groups in total. The average molecular weight is 297 g/mol. The molecule has 0 radical (unpaired) electrons. The molecule has 1 aromatic rings. The van der Waals surface area contributed by atoms with E-state index in [1.807, 2.05) is 5.38 Å². The molecule has 20 heavy (non-hydrogen) atoms. The Morgan fingerprint density at radius 1 is 1.50 bits per heavy atom. The first-order chi connectivity index (χ1) is 9.30. The molecule has 6 heteroatoms. The van der Waals surface area contributed by atoms with Crippen LogP contribution in [0.3, 0.4) is 0 Å². The number of likely N-dealkylation sites (N-methyl/N-ethyl adjacent to an activating group) is 2. The van der Waals surface area contributed by atoms with E-state index in [9.17, 15) is 9.90 Å². The van der Waals surface area contributed by atoms with Crippen LogP contribution in [0.2, 0.25) is 0 Å². The van der Waals surface area contributed by atoms with Crippen molar-refractivity contribution in [3.63, 3.8) is 0 Å². The highest BCUT2D eigenvalue weighted by atomic mass is 32.1. The Kier molecular flexibility index (Phi) is 4.46. The number of carboxylic acids is 1. The summed E-state index contributed by atoms with van der Waals surface area (Å²) in [6.45, 7) is 6.61. The van der Waals surface area contributed by atoms with Gasteiger partial charge in [0.15, 0.2) is 0 Å². The van der Waals surface area contributed by atoms with Gasteiger partial charge in [-0.15, -0.1) is 11.3 Å². The maximum atomic E-state index is 11.3. The van der Waals surface area contributed by atoms with Crippen LogP contribution in [0, 0.1) is 0 Å². The van der Waals surface area contributed by atoms with E-state index in [1.165, 1.54) is 0 Å². The van der Waals surface area contributed by atoms with Crippen LogP contribution in [0.25, 0.3) is 0 Å². The molecule has 112 valence electrons. The molecule has 0 saturated carbocycles. The number of nitrogens with zero attached hydrogens (tertiary/aromatic N) is 3. The average Bonchev–Trinajstić information content (AvgIpc) is 2.83. The number of aliphatic carboxylic acids is 1. The summed E-state index contributed by atoms with van der Waals surface area (Å²) >= 11 is 1.57. The van der Waals surface area contributed by atoms with E-state index in [0.29, 0.717) is 11.7 Å². The summed E-state index contributed by atoms with van der Waals surface area (Å²) in [5.74, 6) is -0.830. The monoisotopic (exact) mass is 297 g/mol. The Labute approximate surface area is 124 Å². The Bertz CT molecular complexity index is 487. The van der Waals surface area contributed by atoms with Gasteiger partial charge in [-0.1, -0.05) is 0 Å². The molecule has 0 aliphatic carbocycles. The summed E-state index contributed by atoms with van der Waals surface area (Å²) in [6, 6.07) is 0.459. The summed E-state index contributed by atoms with van der Waals surface area (Å²) in [7, 11) is 4.29. The van der Waals surface area contributed by atoms with Crippen LogP contribution < -0.4 is 0 Å². The lowest BCUT2D eigenvalue weighted by Gasteiger charge is -2.37. The van der Waals surface area contributed by atoms with Crippen LogP contribution in [0.15, 0.2) is 5.38 Å². The third-order valence-electron chi connectivity index (χ3n) is 4.12. The Hall–Kier alpha value is -0.980. The second kappa shape index (κ2) is 5.79. The standard InChI is InChI=1S/C14H23N3O2S/c1-14(2,13(18)19)11-9-20-12(15-11)7-10-8-16(3)5-6-17(10)4/h9-10H,5-8H2,1-4H3,(H,18,19). The van der Waals surface area contributed by atoms with E-state index in [1.54, 1.807) is 25.2 Å². The van der Waals surface area contributed by atoms with Crippen LogP contribution in [0.4, 0.5) is 0 Å². The number of hydrogen-bond acceptors (Lipinski definition) is 5. The molecular formula is C14H23N3O2S. The Morgan fingerprint density at radius 3 is 2.85 bits per heavy atom. The van der Waals surface area contributed by atoms with Gasteiger partial charge in [0, 0.05) is 37.5 Å². The molecule has 1 unspecified atom stereocenters. The van der Waals surface area contributed by atoms with E-state index >= 15 is 0 Å². The number of carboxylic acid groups (broad SMARTS) is 1. The van der Waals surface area contributed by atoms with Gasteiger partial charge in [-0.3, -0.25) is 4.79 Å². The lowest BCUT2D eigenvalue weighted by atomic mass is 9.90. The molecule has 2 heterocycles. The van der Waals surface area contributed by atoms with Crippen molar-refractivity contribution in [3.05, 3.63) is 16.1 Å². The smallest absolute Gasteiger partial charge is 0.315 e. The van der Waals surface area contributed by atoms with Gasteiger partial charge < -0.3 is 14.9 Å². The maximum absolute atomic E-state index is 11.3. The van der Waals surface area contributed by atoms with Crippen molar-refractivity contribution >= 4 is 17.3 Å². The fraction of sp³-hybridized carbons (Fsp3) is 0.714. The molecule has 0 spiro atoms. The zero-order valence-corrected chi connectivity index (χ0v) is 13.4. The van der Waals surface area contributed by atoms with Crippen molar-refractivity contribution < 1.29 is 9.90 Å². The van der Waals surface area contributed by atoms with Crippen LogP contribution >= 0.6 is 11.3 Å². The van der Waals surface area contributed by atoms with Crippen LogP contribution in [-0.4, -0.2) is 65.6 Å². The predicted molar refractivity (Wildman–Crippen MR) is 80.4 cm³/mol. The van der Waals surface area contributed by atoms with Gasteiger partial charge in [0.2, 0.25) is 0 Å². The zero-order valence-electron chi connectivity index (χ0n) is 12.6. The van der Waals surface area contributed by atoms with Gasteiger partial charge in [0.05, 0.1) is 10.7 Å². The predicted octanol–water partition coefficient (Wildman–Crippen LogP) is 1.29. The first kappa shape index (κ1) is 15.4. The quantitative estimate of drug-likeness (QED) is 0.907. The minimum Gasteiger partial charge on any atom is -0.481 e. The summed E-state index contributed by atoms with van der Waals surface area (Å²) in [6.07, 6.45) is 0.890. The van der Waals surface area contributed by atoms with Gasteiger partial charge >= 0.3 is 5.97 Å². The summed E-state index contributed by atoms with van der Waals surface area (Å²) in [4.78, 5) is 20.5. The second-order valence-corrected chi connectivity index (χ2v) is 7.10. The summed E-state index contributed by atoms with van der Waals surface area (Å²) < 4.78 is 0. The molecule has 1 aromatic heterocycles. The second-order valence-electron chi connectivity index (χ2n) is 6.16.